The number of unbranched alkanes of at least 4 members (excludes halogenated alkanes) is 3. The maximum atomic E-state index is 10.4. The number of hydroxylamine groups is 2. The number of rotatable bonds is 5. The summed E-state index contributed by atoms with van der Waals surface area (Å²) >= 11 is 0. The molecule has 0 rings (SSSR count). The Bertz CT molecular complexity index is 54.9. The van der Waals surface area contributed by atoms with E-state index in [2.05, 4.69) is 6.92 Å². The first-order chi connectivity index (χ1) is 4.27. The SMILES string of the molecule is CCCCCC[NH+](C)[O-]. The highest BCUT2D eigenvalue weighted by molar-refractivity contribution is 4.37. The average Bonchev–Trinajstić information content (AvgIpc) is 1.80. The van der Waals surface area contributed by atoms with Crippen LogP contribution in [0, 0.1) is 5.21 Å². The van der Waals surface area contributed by atoms with Gasteiger partial charge in [-0.3, -0.25) is 0 Å². The lowest BCUT2D eigenvalue weighted by molar-refractivity contribution is -0.826. The van der Waals surface area contributed by atoms with Crippen LogP contribution in [0.3, 0.4) is 0 Å². The first-order valence-electron chi connectivity index (χ1n) is 3.76. The number of quaternary nitrogens is 1. The standard InChI is InChI=1S/C7H17NO/c1-3-4-5-6-7-8(2)9/h8H,3-7H2,1-2H3. The largest absolute Gasteiger partial charge is 0.634 e. The summed E-state index contributed by atoms with van der Waals surface area (Å²) in [7, 11) is 1.66. The van der Waals surface area contributed by atoms with Crippen LogP contribution in [0.25, 0.3) is 0 Å². The van der Waals surface area contributed by atoms with E-state index in [1.54, 1.807) is 7.05 Å². The molecule has 0 saturated carbocycles. The van der Waals surface area contributed by atoms with Crippen molar-refractivity contribution in [2.75, 3.05) is 13.6 Å². The molecular weight excluding hydrogens is 114 g/mol. The first-order valence-corrected chi connectivity index (χ1v) is 3.76. The van der Waals surface area contributed by atoms with Crippen LogP contribution in [-0.4, -0.2) is 13.6 Å². The Labute approximate surface area is 57.4 Å². The van der Waals surface area contributed by atoms with Gasteiger partial charge in [-0.15, -0.1) is 0 Å². The zero-order valence-corrected chi connectivity index (χ0v) is 6.44. The number of nitrogens with one attached hydrogen (secondary N) is 1. The van der Waals surface area contributed by atoms with Crippen LogP contribution in [0.1, 0.15) is 32.6 Å². The molecule has 0 fully saturated rings. The van der Waals surface area contributed by atoms with E-state index in [-0.39, 0.29) is 0 Å². The van der Waals surface area contributed by atoms with Crippen LogP contribution >= 0.6 is 0 Å². The molecule has 0 radical (unpaired) electrons. The molecule has 0 aliphatic rings. The van der Waals surface area contributed by atoms with Crippen molar-refractivity contribution in [3.63, 3.8) is 0 Å². The molecule has 0 aromatic rings. The van der Waals surface area contributed by atoms with Gasteiger partial charge < -0.3 is 10.3 Å². The summed E-state index contributed by atoms with van der Waals surface area (Å²) in [5.74, 6) is 0. The molecule has 2 nitrogen and oxygen atoms in total. The van der Waals surface area contributed by atoms with Gasteiger partial charge in [0.1, 0.15) is 0 Å². The number of hydrogen-bond donors (Lipinski definition) is 1. The van der Waals surface area contributed by atoms with Gasteiger partial charge in [0.05, 0.1) is 13.6 Å². The van der Waals surface area contributed by atoms with Crippen LogP contribution in [-0.2, 0) is 0 Å². The number of hydrogen-bond acceptors (Lipinski definition) is 1. The third kappa shape index (κ3) is 7.92. The molecule has 1 atom stereocenters. The Morgan fingerprint density at radius 1 is 1.22 bits per heavy atom. The highest BCUT2D eigenvalue weighted by Gasteiger charge is 1.88. The minimum atomic E-state index is 0.325. The van der Waals surface area contributed by atoms with Crippen LogP contribution in [0.2, 0.25) is 0 Å². The fraction of sp³-hybridized carbons (Fsp3) is 1.00. The minimum Gasteiger partial charge on any atom is -0.634 e. The molecule has 1 N–H and O–H groups in total. The van der Waals surface area contributed by atoms with Gasteiger partial charge in [-0.05, 0) is 12.8 Å². The lowest BCUT2D eigenvalue weighted by atomic mass is 10.2. The second kappa shape index (κ2) is 6.05. The molecule has 0 amide bonds. The van der Waals surface area contributed by atoms with E-state index >= 15 is 0 Å². The van der Waals surface area contributed by atoms with Crippen LogP contribution in [0.4, 0.5) is 0 Å². The normalized spacial score (nSPS) is 13.7. The summed E-state index contributed by atoms with van der Waals surface area (Å²) in [5, 5.41) is 10.7. The fourth-order valence-corrected chi connectivity index (χ4v) is 0.801. The topological polar surface area (TPSA) is 27.5 Å². The summed E-state index contributed by atoms with van der Waals surface area (Å²) < 4.78 is 0. The van der Waals surface area contributed by atoms with E-state index in [0.717, 1.165) is 13.0 Å². The van der Waals surface area contributed by atoms with Crippen molar-refractivity contribution in [3.8, 4) is 0 Å². The van der Waals surface area contributed by atoms with Crippen LogP contribution in [0.15, 0.2) is 0 Å². The molecular formula is C7H17NO. The predicted octanol–water partition coefficient (Wildman–Crippen LogP) is 0.579. The molecule has 0 bridgehead atoms. The van der Waals surface area contributed by atoms with E-state index in [4.69, 9.17) is 0 Å². The Morgan fingerprint density at radius 2 is 1.89 bits per heavy atom. The van der Waals surface area contributed by atoms with E-state index in [0.29, 0.717) is 5.06 Å². The monoisotopic (exact) mass is 131 g/mol. The predicted molar refractivity (Wildman–Crippen MR) is 39.3 cm³/mol. The molecule has 0 aromatic heterocycles. The molecule has 1 unspecified atom stereocenters. The van der Waals surface area contributed by atoms with Gasteiger partial charge in [0, 0.05) is 0 Å². The van der Waals surface area contributed by atoms with E-state index < -0.39 is 0 Å². The van der Waals surface area contributed by atoms with Gasteiger partial charge in [0.2, 0.25) is 0 Å². The molecule has 0 aliphatic heterocycles. The first kappa shape index (κ1) is 8.92. The van der Waals surface area contributed by atoms with Crippen molar-refractivity contribution >= 4 is 0 Å². The van der Waals surface area contributed by atoms with E-state index in [9.17, 15) is 5.21 Å². The quantitative estimate of drug-likeness (QED) is 0.429. The maximum absolute atomic E-state index is 10.4. The highest BCUT2D eigenvalue weighted by Crippen LogP contribution is 1.95. The minimum absolute atomic E-state index is 0.325. The smallest absolute Gasteiger partial charge is 0.0766 e. The third-order valence-electron chi connectivity index (χ3n) is 1.38. The Morgan fingerprint density at radius 3 is 2.33 bits per heavy atom. The molecule has 2 heteroatoms. The lowest BCUT2D eigenvalue weighted by Gasteiger charge is -2.14. The Kier molecular flexibility index (Phi) is 5.99. The third-order valence-corrected chi connectivity index (χ3v) is 1.38. The van der Waals surface area contributed by atoms with Gasteiger partial charge in [0.25, 0.3) is 0 Å². The maximum Gasteiger partial charge on any atom is 0.0766 e. The Balaban J connectivity index is 2.75. The van der Waals surface area contributed by atoms with Gasteiger partial charge in [-0.1, -0.05) is 19.8 Å². The van der Waals surface area contributed by atoms with Gasteiger partial charge >= 0.3 is 0 Å². The summed E-state index contributed by atoms with van der Waals surface area (Å²) in [6, 6.07) is 0. The second-order valence-corrected chi connectivity index (χ2v) is 2.51. The van der Waals surface area contributed by atoms with Crippen molar-refractivity contribution in [2.45, 2.75) is 32.6 Å². The van der Waals surface area contributed by atoms with Crippen molar-refractivity contribution in [3.05, 3.63) is 5.21 Å². The van der Waals surface area contributed by atoms with Gasteiger partial charge in [-0.25, -0.2) is 0 Å². The summed E-state index contributed by atoms with van der Waals surface area (Å²) in [6.45, 7) is 2.95. The summed E-state index contributed by atoms with van der Waals surface area (Å²) in [6.07, 6.45) is 4.82. The second-order valence-electron chi connectivity index (χ2n) is 2.51. The van der Waals surface area contributed by atoms with Gasteiger partial charge in [0.15, 0.2) is 0 Å². The fourth-order valence-electron chi connectivity index (χ4n) is 0.801. The molecule has 9 heavy (non-hydrogen) atoms. The summed E-state index contributed by atoms with van der Waals surface area (Å²) in [4.78, 5) is 0. The molecule has 56 valence electrons. The van der Waals surface area contributed by atoms with Crippen LogP contribution in [0.5, 0.6) is 0 Å². The average molecular weight is 131 g/mol. The van der Waals surface area contributed by atoms with Crippen molar-refractivity contribution in [2.24, 2.45) is 0 Å². The summed E-state index contributed by atoms with van der Waals surface area (Å²) in [5.41, 5.74) is 0. The van der Waals surface area contributed by atoms with Gasteiger partial charge in [-0.2, -0.15) is 0 Å². The highest BCUT2D eigenvalue weighted by atomic mass is 16.5. The molecule has 0 aliphatic carbocycles. The Hall–Kier alpha value is -0.0800. The zero-order valence-electron chi connectivity index (χ0n) is 6.44. The van der Waals surface area contributed by atoms with E-state index in [1.807, 2.05) is 0 Å². The van der Waals surface area contributed by atoms with Crippen molar-refractivity contribution in [1.29, 1.82) is 0 Å². The molecule has 0 heterocycles. The van der Waals surface area contributed by atoms with Crippen molar-refractivity contribution in [1.82, 2.24) is 0 Å². The van der Waals surface area contributed by atoms with Crippen molar-refractivity contribution < 1.29 is 5.06 Å². The molecule has 0 aromatic carbocycles. The lowest BCUT2D eigenvalue weighted by Crippen LogP contribution is -3.03. The molecule has 0 spiro atoms. The zero-order chi connectivity index (χ0) is 7.11. The van der Waals surface area contributed by atoms with Crippen LogP contribution < -0.4 is 5.06 Å². The van der Waals surface area contributed by atoms with E-state index in [1.165, 1.54) is 19.3 Å². The molecule has 0 saturated heterocycles.